The predicted molar refractivity (Wildman–Crippen MR) is 54.4 cm³/mol. The molecular formula is C8H8F2N2O4S. The average Bonchev–Trinajstić information content (AvgIpc) is 2.19. The molecule has 0 aliphatic heterocycles. The van der Waals surface area contributed by atoms with Crippen molar-refractivity contribution in [1.29, 1.82) is 0 Å². The smallest absolute Gasteiger partial charge is 0.340 e. The summed E-state index contributed by atoms with van der Waals surface area (Å²) in [6.07, 6.45) is 0. The van der Waals surface area contributed by atoms with Crippen molar-refractivity contribution >= 4 is 21.9 Å². The topological polar surface area (TPSA) is 98.5 Å². The normalized spacial score (nSPS) is 11.1. The Morgan fingerprint density at radius 1 is 1.35 bits per heavy atom. The molecule has 0 unspecified atom stereocenters. The first kappa shape index (κ1) is 13.3. The zero-order valence-corrected chi connectivity index (χ0v) is 9.35. The van der Waals surface area contributed by atoms with E-state index in [4.69, 9.17) is 0 Å². The fourth-order valence-corrected chi connectivity index (χ4v) is 1.51. The van der Waals surface area contributed by atoms with Gasteiger partial charge in [-0.3, -0.25) is 4.72 Å². The Bertz CT molecular complexity index is 559. The predicted octanol–water partition coefficient (Wildman–Crippen LogP) is 0.367. The first-order valence-corrected chi connectivity index (χ1v) is 5.67. The minimum Gasteiger partial charge on any atom is -0.465 e. The number of nitrogens with one attached hydrogen (secondary N) is 1. The first-order valence-electron chi connectivity index (χ1n) is 4.12. The fourth-order valence-electron chi connectivity index (χ4n) is 1.05. The Labute approximate surface area is 95.6 Å². The third-order valence-corrected chi connectivity index (χ3v) is 2.22. The molecule has 0 bridgehead atoms. The van der Waals surface area contributed by atoms with Gasteiger partial charge in [0.05, 0.1) is 18.4 Å². The van der Waals surface area contributed by atoms with Crippen LogP contribution in [0.15, 0.2) is 12.1 Å². The molecule has 0 aliphatic carbocycles. The number of methoxy groups -OCH3 is 1. The van der Waals surface area contributed by atoms with Crippen LogP contribution in [0.5, 0.6) is 0 Å². The Kier molecular flexibility index (Phi) is 3.63. The second kappa shape index (κ2) is 4.63. The molecule has 0 saturated carbocycles. The van der Waals surface area contributed by atoms with E-state index in [2.05, 4.69) is 9.88 Å². The van der Waals surface area contributed by atoms with E-state index in [-0.39, 0.29) is 0 Å². The van der Waals surface area contributed by atoms with Crippen LogP contribution in [0.1, 0.15) is 10.4 Å². The molecule has 0 fully saturated rings. The van der Waals surface area contributed by atoms with Gasteiger partial charge in [0.25, 0.3) is 10.2 Å². The molecule has 1 rings (SSSR count). The van der Waals surface area contributed by atoms with Crippen molar-refractivity contribution in [2.75, 3.05) is 11.8 Å². The summed E-state index contributed by atoms with van der Waals surface area (Å²) in [5.74, 6) is -3.45. The molecule has 0 radical (unpaired) electrons. The van der Waals surface area contributed by atoms with E-state index in [9.17, 15) is 22.0 Å². The molecule has 0 spiro atoms. The summed E-state index contributed by atoms with van der Waals surface area (Å²) in [4.78, 5) is 11.1. The summed E-state index contributed by atoms with van der Waals surface area (Å²) in [5, 5.41) is 4.62. The maximum atomic E-state index is 13.2. The largest absolute Gasteiger partial charge is 0.465 e. The molecule has 6 nitrogen and oxygen atoms in total. The van der Waals surface area contributed by atoms with Gasteiger partial charge in [-0.05, 0) is 6.07 Å². The summed E-state index contributed by atoms with van der Waals surface area (Å²) in [5.41, 5.74) is -1.26. The summed E-state index contributed by atoms with van der Waals surface area (Å²) in [7, 11) is -3.23. The second-order valence-electron chi connectivity index (χ2n) is 2.95. The molecule has 0 aliphatic rings. The molecule has 0 heterocycles. The Balaban J connectivity index is 3.29. The van der Waals surface area contributed by atoms with E-state index in [0.717, 1.165) is 7.11 Å². The number of halogens is 2. The van der Waals surface area contributed by atoms with E-state index < -0.39 is 39.1 Å². The van der Waals surface area contributed by atoms with Gasteiger partial charge >= 0.3 is 5.97 Å². The number of rotatable bonds is 3. The first-order chi connectivity index (χ1) is 7.74. The highest BCUT2D eigenvalue weighted by molar-refractivity contribution is 7.90. The molecule has 1 aromatic carbocycles. The van der Waals surface area contributed by atoms with Gasteiger partial charge in [0.15, 0.2) is 0 Å². The zero-order chi connectivity index (χ0) is 13.2. The van der Waals surface area contributed by atoms with E-state index in [1.165, 1.54) is 0 Å². The summed E-state index contributed by atoms with van der Waals surface area (Å²) < 4.78 is 53.5. The number of ether oxygens (including phenoxy) is 1. The molecule has 0 saturated heterocycles. The SMILES string of the molecule is COC(=O)c1cc(NS(N)(=O)=O)c(F)cc1F. The van der Waals surface area contributed by atoms with Crippen molar-refractivity contribution in [3.63, 3.8) is 0 Å². The number of anilines is 1. The highest BCUT2D eigenvalue weighted by Crippen LogP contribution is 2.20. The number of carbonyl (C=O) groups is 1. The number of nitrogens with two attached hydrogens (primary N) is 1. The fraction of sp³-hybridized carbons (Fsp3) is 0.125. The number of benzene rings is 1. The lowest BCUT2D eigenvalue weighted by atomic mass is 10.2. The van der Waals surface area contributed by atoms with Gasteiger partial charge in [0.2, 0.25) is 0 Å². The molecular weight excluding hydrogens is 258 g/mol. The van der Waals surface area contributed by atoms with Crippen LogP contribution >= 0.6 is 0 Å². The number of hydrogen-bond acceptors (Lipinski definition) is 4. The molecule has 1 aromatic rings. The summed E-state index contributed by atoms with van der Waals surface area (Å²) in [6, 6.07) is 1.00. The highest BCUT2D eigenvalue weighted by Gasteiger charge is 2.18. The van der Waals surface area contributed by atoms with Gasteiger partial charge in [0, 0.05) is 6.07 Å². The third-order valence-electron chi connectivity index (χ3n) is 1.71. The van der Waals surface area contributed by atoms with Crippen molar-refractivity contribution in [2.24, 2.45) is 5.14 Å². The van der Waals surface area contributed by atoms with Crippen LogP contribution < -0.4 is 9.86 Å². The van der Waals surface area contributed by atoms with Crippen LogP contribution in [-0.4, -0.2) is 21.5 Å². The Hall–Kier alpha value is -1.74. The maximum absolute atomic E-state index is 13.2. The van der Waals surface area contributed by atoms with Crippen LogP contribution in [0.4, 0.5) is 14.5 Å². The second-order valence-corrected chi connectivity index (χ2v) is 4.24. The van der Waals surface area contributed by atoms with E-state index in [1.807, 2.05) is 0 Å². The van der Waals surface area contributed by atoms with Crippen LogP contribution in [0, 0.1) is 11.6 Å². The summed E-state index contributed by atoms with van der Waals surface area (Å²) >= 11 is 0. The molecule has 0 aromatic heterocycles. The average molecular weight is 266 g/mol. The molecule has 9 heteroatoms. The van der Waals surface area contributed by atoms with Gasteiger partial charge in [-0.1, -0.05) is 0 Å². The molecule has 0 atom stereocenters. The van der Waals surface area contributed by atoms with Crippen LogP contribution in [-0.2, 0) is 14.9 Å². The minimum atomic E-state index is -4.23. The van der Waals surface area contributed by atoms with Crippen LogP contribution in [0.25, 0.3) is 0 Å². The Morgan fingerprint density at radius 2 is 1.94 bits per heavy atom. The van der Waals surface area contributed by atoms with E-state index >= 15 is 0 Å². The lowest BCUT2D eigenvalue weighted by Crippen LogP contribution is -2.22. The summed E-state index contributed by atoms with van der Waals surface area (Å²) in [6.45, 7) is 0. The molecule has 17 heavy (non-hydrogen) atoms. The van der Waals surface area contributed by atoms with Gasteiger partial charge in [-0.15, -0.1) is 0 Å². The maximum Gasteiger partial charge on any atom is 0.340 e. The van der Waals surface area contributed by atoms with Crippen molar-refractivity contribution in [2.45, 2.75) is 0 Å². The monoisotopic (exact) mass is 266 g/mol. The highest BCUT2D eigenvalue weighted by atomic mass is 32.2. The van der Waals surface area contributed by atoms with Gasteiger partial charge in [0.1, 0.15) is 11.6 Å². The van der Waals surface area contributed by atoms with Crippen molar-refractivity contribution in [3.05, 3.63) is 29.3 Å². The Morgan fingerprint density at radius 3 is 2.41 bits per heavy atom. The zero-order valence-electron chi connectivity index (χ0n) is 8.53. The van der Waals surface area contributed by atoms with Crippen LogP contribution in [0.3, 0.4) is 0 Å². The quantitative estimate of drug-likeness (QED) is 0.772. The minimum absolute atomic E-state index is 0.347. The number of carbonyl (C=O) groups excluding carboxylic acids is 1. The number of esters is 1. The molecule has 94 valence electrons. The molecule has 0 amide bonds. The van der Waals surface area contributed by atoms with Gasteiger partial charge in [-0.2, -0.15) is 8.42 Å². The lowest BCUT2D eigenvalue weighted by molar-refractivity contribution is 0.0595. The number of hydrogen-bond donors (Lipinski definition) is 2. The van der Waals surface area contributed by atoms with Gasteiger partial charge in [-0.25, -0.2) is 18.7 Å². The lowest BCUT2D eigenvalue weighted by Gasteiger charge is -2.07. The van der Waals surface area contributed by atoms with E-state index in [1.54, 1.807) is 4.72 Å². The molecule has 3 N–H and O–H groups in total. The van der Waals surface area contributed by atoms with Crippen molar-refractivity contribution in [1.82, 2.24) is 0 Å². The van der Waals surface area contributed by atoms with Crippen molar-refractivity contribution < 1.29 is 26.7 Å². The third kappa shape index (κ3) is 3.36. The standard InChI is InChI=1S/C8H8F2N2O4S/c1-16-8(13)4-2-7(12-17(11,14)15)6(10)3-5(4)9/h2-3,12H,1H3,(H2,11,14,15). The van der Waals surface area contributed by atoms with E-state index in [0.29, 0.717) is 12.1 Å². The van der Waals surface area contributed by atoms with Crippen LogP contribution in [0.2, 0.25) is 0 Å². The van der Waals surface area contributed by atoms with Gasteiger partial charge < -0.3 is 4.74 Å². The van der Waals surface area contributed by atoms with Crippen molar-refractivity contribution in [3.8, 4) is 0 Å².